The van der Waals surface area contributed by atoms with Gasteiger partial charge in [0.2, 0.25) is 5.91 Å². The Balaban J connectivity index is 1.59. The number of amidine groups is 1. The number of esters is 1. The standard InChI is InChI=1S/C31H30N4O5S/c1-4-40-30(37)27-28(21-10-6-5-7-11-21)34-31-35(29(27)24-16-23(38-2)12-13-25(24)39-3)22(19-41-31)15-26(36)33-18-20-9-8-14-32-17-20/h5-14,16-17,19,29H,4,15,18H2,1-3H3,(H,33,36)/t29-/m1/s1. The van der Waals surface area contributed by atoms with E-state index in [-0.39, 0.29) is 18.9 Å². The molecule has 0 fully saturated rings. The molecule has 0 bridgehead atoms. The maximum Gasteiger partial charge on any atom is 0.338 e. The van der Waals surface area contributed by atoms with Gasteiger partial charge >= 0.3 is 5.97 Å². The van der Waals surface area contributed by atoms with E-state index in [0.717, 1.165) is 11.1 Å². The van der Waals surface area contributed by atoms with Crippen LogP contribution in [-0.4, -0.2) is 47.8 Å². The Morgan fingerprint density at radius 3 is 2.59 bits per heavy atom. The number of nitrogens with zero attached hydrogens (tertiary/aromatic N) is 3. The third-order valence-corrected chi connectivity index (χ3v) is 7.53. The largest absolute Gasteiger partial charge is 0.497 e. The number of nitrogens with one attached hydrogen (secondary N) is 1. The fraction of sp³-hybridized carbons (Fsp3) is 0.226. The maximum absolute atomic E-state index is 13.7. The highest BCUT2D eigenvalue weighted by Gasteiger charge is 2.43. The number of rotatable bonds is 10. The average molecular weight is 571 g/mol. The Morgan fingerprint density at radius 2 is 1.88 bits per heavy atom. The van der Waals surface area contributed by atoms with Gasteiger partial charge in [0.1, 0.15) is 11.5 Å². The van der Waals surface area contributed by atoms with Crippen molar-refractivity contribution in [2.24, 2.45) is 4.99 Å². The zero-order chi connectivity index (χ0) is 28.8. The summed E-state index contributed by atoms with van der Waals surface area (Å²) in [6, 6.07) is 18.0. The quantitative estimate of drug-likeness (QED) is 0.337. The number of aliphatic imine (C=N–C) groups is 1. The molecule has 3 aromatic rings. The van der Waals surface area contributed by atoms with Crippen LogP contribution >= 0.6 is 11.8 Å². The highest BCUT2D eigenvalue weighted by Crippen LogP contribution is 2.49. The number of carbonyl (C=O) groups excluding carboxylic acids is 2. The molecule has 0 unspecified atom stereocenters. The number of benzene rings is 2. The van der Waals surface area contributed by atoms with Gasteiger partial charge in [-0.2, -0.15) is 0 Å². The van der Waals surface area contributed by atoms with E-state index in [2.05, 4.69) is 10.3 Å². The number of hydrogen-bond acceptors (Lipinski definition) is 9. The molecule has 0 saturated carbocycles. The second-order valence-electron chi connectivity index (χ2n) is 9.17. The summed E-state index contributed by atoms with van der Waals surface area (Å²) in [5.41, 5.74) is 3.90. The lowest BCUT2D eigenvalue weighted by Crippen LogP contribution is -2.38. The Bertz CT molecular complexity index is 1520. The molecule has 3 heterocycles. The van der Waals surface area contributed by atoms with Crippen LogP contribution in [-0.2, 0) is 20.9 Å². The molecule has 2 aromatic carbocycles. The summed E-state index contributed by atoms with van der Waals surface area (Å²) < 4.78 is 16.9. The number of aromatic nitrogens is 1. The van der Waals surface area contributed by atoms with E-state index in [1.54, 1.807) is 45.7 Å². The molecule has 1 aromatic heterocycles. The summed E-state index contributed by atoms with van der Waals surface area (Å²) in [6.07, 6.45) is 3.48. The smallest absolute Gasteiger partial charge is 0.338 e. The van der Waals surface area contributed by atoms with E-state index < -0.39 is 12.0 Å². The monoisotopic (exact) mass is 570 g/mol. The van der Waals surface area contributed by atoms with Gasteiger partial charge < -0.3 is 24.4 Å². The number of thioether (sulfide) groups is 1. The van der Waals surface area contributed by atoms with E-state index in [4.69, 9.17) is 19.2 Å². The van der Waals surface area contributed by atoms with Gasteiger partial charge in [0.15, 0.2) is 5.17 Å². The van der Waals surface area contributed by atoms with Crippen molar-refractivity contribution >= 4 is 34.5 Å². The normalized spacial score (nSPS) is 16.0. The molecule has 0 saturated heterocycles. The minimum absolute atomic E-state index is 0.0752. The van der Waals surface area contributed by atoms with Gasteiger partial charge in [-0.15, -0.1) is 0 Å². The number of hydrogen-bond donors (Lipinski definition) is 1. The number of carbonyl (C=O) groups is 2. The number of ether oxygens (including phenoxy) is 3. The van der Waals surface area contributed by atoms with Crippen LogP contribution in [0.25, 0.3) is 5.70 Å². The first-order valence-electron chi connectivity index (χ1n) is 13.1. The van der Waals surface area contributed by atoms with E-state index in [1.807, 2.05) is 58.8 Å². The van der Waals surface area contributed by atoms with Gasteiger partial charge in [0.25, 0.3) is 0 Å². The predicted molar refractivity (Wildman–Crippen MR) is 158 cm³/mol. The van der Waals surface area contributed by atoms with Gasteiger partial charge in [0.05, 0.1) is 44.6 Å². The Labute approximate surface area is 242 Å². The lowest BCUT2D eigenvalue weighted by Gasteiger charge is -2.37. The van der Waals surface area contributed by atoms with Gasteiger partial charge in [-0.25, -0.2) is 9.79 Å². The number of fused-ring (bicyclic) bond motifs is 1. The van der Waals surface area contributed by atoms with Crippen molar-refractivity contribution in [3.8, 4) is 11.5 Å². The number of amides is 1. The summed E-state index contributed by atoms with van der Waals surface area (Å²) in [5, 5.41) is 5.50. The van der Waals surface area contributed by atoms with Crippen LogP contribution in [0.3, 0.4) is 0 Å². The Hall–Kier alpha value is -4.57. The fourth-order valence-corrected chi connectivity index (χ4v) is 5.68. The Morgan fingerprint density at radius 1 is 1.05 bits per heavy atom. The Kier molecular flexibility index (Phi) is 8.69. The first kappa shape index (κ1) is 28.0. The summed E-state index contributed by atoms with van der Waals surface area (Å²) in [7, 11) is 3.16. The molecule has 41 heavy (non-hydrogen) atoms. The molecule has 9 nitrogen and oxygen atoms in total. The molecular weight excluding hydrogens is 540 g/mol. The molecule has 5 rings (SSSR count). The molecule has 1 amide bonds. The van der Waals surface area contributed by atoms with Gasteiger partial charge in [-0.1, -0.05) is 48.2 Å². The molecule has 0 radical (unpaired) electrons. The van der Waals surface area contributed by atoms with E-state index in [0.29, 0.717) is 45.7 Å². The highest BCUT2D eigenvalue weighted by molar-refractivity contribution is 8.16. The van der Waals surface area contributed by atoms with Crippen molar-refractivity contribution in [1.82, 2.24) is 15.2 Å². The minimum Gasteiger partial charge on any atom is -0.497 e. The van der Waals surface area contributed by atoms with Gasteiger partial charge in [-0.05, 0) is 42.2 Å². The first-order valence-corrected chi connectivity index (χ1v) is 14.0. The lowest BCUT2D eigenvalue weighted by molar-refractivity contribution is -0.139. The van der Waals surface area contributed by atoms with Crippen molar-refractivity contribution in [1.29, 1.82) is 0 Å². The van der Waals surface area contributed by atoms with Crippen molar-refractivity contribution < 1.29 is 23.8 Å². The molecule has 1 atom stereocenters. The zero-order valence-electron chi connectivity index (χ0n) is 23.0. The number of pyridine rings is 1. The SMILES string of the molecule is CCOC(=O)C1=C(c2ccccc2)N=C2SC=C(CC(=O)NCc3cccnc3)N2[C@@H]1c1cc(OC)ccc1OC. The lowest BCUT2D eigenvalue weighted by atomic mass is 9.90. The minimum atomic E-state index is -0.700. The van der Waals surface area contributed by atoms with Crippen molar-refractivity contribution in [2.75, 3.05) is 20.8 Å². The van der Waals surface area contributed by atoms with Gasteiger partial charge in [-0.3, -0.25) is 9.78 Å². The topological polar surface area (TPSA) is 102 Å². The second-order valence-corrected chi connectivity index (χ2v) is 10.0. The molecule has 2 aliphatic heterocycles. The average Bonchev–Trinajstić information content (AvgIpc) is 3.41. The van der Waals surface area contributed by atoms with Crippen LogP contribution < -0.4 is 14.8 Å². The predicted octanol–water partition coefficient (Wildman–Crippen LogP) is 5.08. The summed E-state index contributed by atoms with van der Waals surface area (Å²) in [6.45, 7) is 2.31. The van der Waals surface area contributed by atoms with Crippen molar-refractivity contribution in [3.05, 3.63) is 106 Å². The summed E-state index contributed by atoms with van der Waals surface area (Å²) in [4.78, 5) is 37.8. The van der Waals surface area contributed by atoms with Crippen LogP contribution in [0.2, 0.25) is 0 Å². The van der Waals surface area contributed by atoms with E-state index >= 15 is 0 Å². The summed E-state index contributed by atoms with van der Waals surface area (Å²) >= 11 is 1.40. The third kappa shape index (κ3) is 5.97. The molecule has 0 aliphatic carbocycles. The van der Waals surface area contributed by atoms with E-state index in [9.17, 15) is 9.59 Å². The van der Waals surface area contributed by atoms with Crippen LogP contribution in [0.1, 0.15) is 36.1 Å². The second kappa shape index (κ2) is 12.7. The van der Waals surface area contributed by atoms with Crippen molar-refractivity contribution in [3.63, 3.8) is 0 Å². The number of methoxy groups -OCH3 is 2. The molecule has 1 N–H and O–H groups in total. The highest BCUT2D eigenvalue weighted by atomic mass is 32.2. The van der Waals surface area contributed by atoms with Crippen LogP contribution in [0.4, 0.5) is 0 Å². The fourth-order valence-electron chi connectivity index (χ4n) is 4.77. The molecule has 10 heteroatoms. The first-order chi connectivity index (χ1) is 20.0. The summed E-state index contributed by atoms with van der Waals surface area (Å²) in [5.74, 6) is 0.486. The molecule has 0 spiro atoms. The van der Waals surface area contributed by atoms with Crippen LogP contribution in [0, 0.1) is 0 Å². The van der Waals surface area contributed by atoms with Gasteiger partial charge in [0, 0.05) is 35.8 Å². The van der Waals surface area contributed by atoms with Crippen LogP contribution in [0.15, 0.2) is 94.7 Å². The van der Waals surface area contributed by atoms with Crippen molar-refractivity contribution in [2.45, 2.75) is 25.9 Å². The van der Waals surface area contributed by atoms with E-state index in [1.165, 1.54) is 11.8 Å². The third-order valence-electron chi connectivity index (χ3n) is 6.64. The molecule has 2 aliphatic rings. The molecule has 210 valence electrons. The van der Waals surface area contributed by atoms with Crippen LogP contribution in [0.5, 0.6) is 11.5 Å². The molecular formula is C31H30N4O5S. The maximum atomic E-state index is 13.7. The zero-order valence-corrected chi connectivity index (χ0v) is 23.8.